The van der Waals surface area contributed by atoms with E-state index < -0.39 is 0 Å². The molecule has 0 aliphatic carbocycles. The number of hydrogen-bond donors (Lipinski definition) is 0. The second-order valence-electron chi connectivity index (χ2n) is 4.64. The summed E-state index contributed by atoms with van der Waals surface area (Å²) in [6.07, 6.45) is 1.78. The molecule has 1 aromatic carbocycles. The minimum atomic E-state index is -0.368. The summed E-state index contributed by atoms with van der Waals surface area (Å²) in [5.74, 6) is 0.164. The summed E-state index contributed by atoms with van der Waals surface area (Å²) in [5, 5.41) is 11.0. The summed E-state index contributed by atoms with van der Waals surface area (Å²) in [6, 6.07) is 6.71. The fourth-order valence-corrected chi connectivity index (χ4v) is 2.41. The molecular weight excluding hydrogens is 232 g/mol. The van der Waals surface area contributed by atoms with Crippen molar-refractivity contribution in [1.82, 2.24) is 0 Å². The lowest BCUT2D eigenvalue weighted by Crippen LogP contribution is -2.38. The van der Waals surface area contributed by atoms with Gasteiger partial charge in [0.25, 0.3) is 5.69 Å². The van der Waals surface area contributed by atoms with Crippen molar-refractivity contribution >= 4 is 17.2 Å². The number of carbonyl (C=O) groups is 1. The molecule has 0 N–H and O–H groups in total. The van der Waals surface area contributed by atoms with Crippen LogP contribution in [0.25, 0.3) is 0 Å². The van der Waals surface area contributed by atoms with Gasteiger partial charge in [-0.25, -0.2) is 0 Å². The van der Waals surface area contributed by atoms with Crippen LogP contribution in [0.5, 0.6) is 0 Å². The Bertz CT molecular complexity index is 473. The van der Waals surface area contributed by atoms with E-state index in [9.17, 15) is 14.9 Å². The molecule has 5 nitrogen and oxygen atoms in total. The molecule has 5 heteroatoms. The molecule has 0 bridgehead atoms. The highest BCUT2D eigenvalue weighted by Gasteiger charge is 2.26. The lowest BCUT2D eigenvalue weighted by molar-refractivity contribution is -0.384. The highest BCUT2D eigenvalue weighted by atomic mass is 16.6. The smallest absolute Gasteiger partial charge is 0.292 e. The SMILES string of the molecule is CC(=O)C1CCCN(c2ccccc2[N+](=O)[O-])C1. The molecule has 0 amide bonds. The second-order valence-corrected chi connectivity index (χ2v) is 4.64. The molecule has 1 aliphatic heterocycles. The number of anilines is 1. The van der Waals surface area contributed by atoms with Gasteiger partial charge in [0.1, 0.15) is 11.5 Å². The van der Waals surface area contributed by atoms with E-state index in [2.05, 4.69) is 0 Å². The molecule has 1 atom stereocenters. The van der Waals surface area contributed by atoms with Crippen LogP contribution in [-0.4, -0.2) is 23.8 Å². The van der Waals surface area contributed by atoms with Gasteiger partial charge in [-0.15, -0.1) is 0 Å². The van der Waals surface area contributed by atoms with Gasteiger partial charge < -0.3 is 4.90 Å². The first-order valence-electron chi connectivity index (χ1n) is 6.08. The highest BCUT2D eigenvalue weighted by molar-refractivity contribution is 5.79. The number of ketones is 1. The molecule has 96 valence electrons. The Morgan fingerprint density at radius 2 is 2.17 bits per heavy atom. The number of benzene rings is 1. The predicted octanol–water partition coefficient (Wildman–Crippen LogP) is 2.40. The maximum absolute atomic E-state index is 11.4. The summed E-state index contributed by atoms with van der Waals surface area (Å²) in [6.45, 7) is 2.95. The fourth-order valence-electron chi connectivity index (χ4n) is 2.41. The average molecular weight is 248 g/mol. The van der Waals surface area contributed by atoms with Gasteiger partial charge in [0.2, 0.25) is 0 Å². The normalized spacial score (nSPS) is 19.6. The first-order valence-corrected chi connectivity index (χ1v) is 6.08. The maximum Gasteiger partial charge on any atom is 0.292 e. The predicted molar refractivity (Wildman–Crippen MR) is 68.7 cm³/mol. The van der Waals surface area contributed by atoms with Crippen molar-refractivity contribution in [3.8, 4) is 0 Å². The summed E-state index contributed by atoms with van der Waals surface area (Å²) < 4.78 is 0. The Hall–Kier alpha value is -1.91. The molecule has 18 heavy (non-hydrogen) atoms. The van der Waals surface area contributed by atoms with Gasteiger partial charge in [-0.05, 0) is 25.8 Å². The van der Waals surface area contributed by atoms with Crippen molar-refractivity contribution in [2.45, 2.75) is 19.8 Å². The zero-order valence-corrected chi connectivity index (χ0v) is 10.3. The van der Waals surface area contributed by atoms with E-state index in [1.807, 2.05) is 4.90 Å². The molecule has 0 spiro atoms. The van der Waals surface area contributed by atoms with Gasteiger partial charge in [-0.1, -0.05) is 12.1 Å². The van der Waals surface area contributed by atoms with E-state index in [-0.39, 0.29) is 22.3 Å². The molecule has 1 aromatic rings. The van der Waals surface area contributed by atoms with Crippen molar-refractivity contribution in [2.75, 3.05) is 18.0 Å². The van der Waals surface area contributed by atoms with Crippen molar-refractivity contribution in [3.63, 3.8) is 0 Å². The van der Waals surface area contributed by atoms with E-state index in [0.29, 0.717) is 12.2 Å². The third-order valence-corrected chi connectivity index (χ3v) is 3.42. The Kier molecular flexibility index (Phi) is 3.60. The highest BCUT2D eigenvalue weighted by Crippen LogP contribution is 2.31. The molecule has 1 fully saturated rings. The van der Waals surface area contributed by atoms with Gasteiger partial charge in [0.05, 0.1) is 4.92 Å². The first kappa shape index (κ1) is 12.5. The fraction of sp³-hybridized carbons (Fsp3) is 0.462. The summed E-state index contributed by atoms with van der Waals surface area (Å²) in [7, 11) is 0. The maximum atomic E-state index is 11.4. The lowest BCUT2D eigenvalue weighted by atomic mass is 9.94. The van der Waals surface area contributed by atoms with E-state index in [4.69, 9.17) is 0 Å². The summed E-state index contributed by atoms with van der Waals surface area (Å²) >= 11 is 0. The molecule has 0 saturated carbocycles. The first-order chi connectivity index (χ1) is 8.59. The monoisotopic (exact) mass is 248 g/mol. The number of rotatable bonds is 3. The molecular formula is C13H16N2O3. The Morgan fingerprint density at radius 1 is 1.44 bits per heavy atom. The lowest BCUT2D eigenvalue weighted by Gasteiger charge is -2.32. The van der Waals surface area contributed by atoms with Gasteiger partial charge in [-0.3, -0.25) is 14.9 Å². The van der Waals surface area contributed by atoms with Gasteiger partial charge in [0, 0.05) is 25.1 Å². The Labute approximate surface area is 106 Å². The molecule has 1 heterocycles. The average Bonchev–Trinajstić information content (AvgIpc) is 2.39. The van der Waals surface area contributed by atoms with E-state index in [1.54, 1.807) is 25.1 Å². The number of piperidine rings is 1. The summed E-state index contributed by atoms with van der Waals surface area (Å²) in [5.41, 5.74) is 0.732. The number of nitro groups is 1. The third-order valence-electron chi connectivity index (χ3n) is 3.42. The topological polar surface area (TPSA) is 63.5 Å². The number of carbonyl (C=O) groups excluding carboxylic acids is 1. The zero-order valence-electron chi connectivity index (χ0n) is 10.3. The van der Waals surface area contributed by atoms with E-state index >= 15 is 0 Å². The number of Topliss-reactive ketones (excluding diaryl/α,β-unsaturated/α-hetero) is 1. The molecule has 1 aliphatic rings. The van der Waals surface area contributed by atoms with Crippen LogP contribution < -0.4 is 4.90 Å². The number of para-hydroxylation sites is 2. The van der Waals surface area contributed by atoms with Crippen molar-refractivity contribution < 1.29 is 9.72 Å². The van der Waals surface area contributed by atoms with Crippen molar-refractivity contribution in [3.05, 3.63) is 34.4 Å². The summed E-state index contributed by atoms with van der Waals surface area (Å²) in [4.78, 5) is 24.0. The quantitative estimate of drug-likeness (QED) is 0.608. The molecule has 2 rings (SSSR count). The van der Waals surface area contributed by atoms with Crippen molar-refractivity contribution in [1.29, 1.82) is 0 Å². The molecule has 0 aromatic heterocycles. The number of nitro benzene ring substituents is 1. The van der Waals surface area contributed by atoms with Crippen LogP contribution in [0.1, 0.15) is 19.8 Å². The molecule has 1 unspecified atom stereocenters. The number of hydrogen-bond acceptors (Lipinski definition) is 4. The van der Waals surface area contributed by atoms with Crippen LogP contribution in [-0.2, 0) is 4.79 Å². The molecule has 0 radical (unpaired) electrons. The Morgan fingerprint density at radius 3 is 2.83 bits per heavy atom. The van der Waals surface area contributed by atoms with Gasteiger partial charge >= 0.3 is 0 Å². The molecule has 1 saturated heterocycles. The third kappa shape index (κ3) is 2.50. The van der Waals surface area contributed by atoms with E-state index in [0.717, 1.165) is 19.4 Å². The minimum absolute atomic E-state index is 0.00133. The van der Waals surface area contributed by atoms with Crippen LogP contribution in [0, 0.1) is 16.0 Å². The van der Waals surface area contributed by atoms with E-state index in [1.165, 1.54) is 6.07 Å². The van der Waals surface area contributed by atoms with Gasteiger partial charge in [-0.2, -0.15) is 0 Å². The zero-order chi connectivity index (χ0) is 13.1. The largest absolute Gasteiger partial charge is 0.365 e. The number of nitrogens with zero attached hydrogens (tertiary/aromatic N) is 2. The van der Waals surface area contributed by atoms with Crippen molar-refractivity contribution in [2.24, 2.45) is 5.92 Å². The standard InChI is InChI=1S/C13H16N2O3/c1-10(16)11-5-4-8-14(9-11)12-6-2-3-7-13(12)15(17)18/h2-3,6-7,11H,4-5,8-9H2,1H3. The van der Waals surface area contributed by atoms with Crippen LogP contribution in [0.15, 0.2) is 24.3 Å². The second kappa shape index (κ2) is 5.16. The van der Waals surface area contributed by atoms with Crippen LogP contribution in [0.4, 0.5) is 11.4 Å². The van der Waals surface area contributed by atoms with Crippen LogP contribution in [0.3, 0.4) is 0 Å². The Balaban J connectivity index is 2.26. The minimum Gasteiger partial charge on any atom is -0.365 e. The van der Waals surface area contributed by atoms with Crippen LogP contribution >= 0.6 is 0 Å². The van der Waals surface area contributed by atoms with Crippen LogP contribution in [0.2, 0.25) is 0 Å². The van der Waals surface area contributed by atoms with Gasteiger partial charge in [0.15, 0.2) is 0 Å².